The Bertz CT molecular complexity index is 726. The van der Waals surface area contributed by atoms with Crippen LogP contribution in [0.5, 0.6) is 0 Å². The highest BCUT2D eigenvalue weighted by Crippen LogP contribution is 2.26. The summed E-state index contributed by atoms with van der Waals surface area (Å²) in [5, 5.41) is 0. The van der Waals surface area contributed by atoms with E-state index in [1.165, 1.54) is 22.3 Å². The van der Waals surface area contributed by atoms with Crippen LogP contribution in [0.3, 0.4) is 0 Å². The number of rotatable bonds is 3. The molecule has 0 amide bonds. The normalized spacial score (nSPS) is 11.3. The monoisotopic (exact) mass is 271 g/mol. The minimum atomic E-state index is 0.783. The molecule has 1 heteroatoms. The summed E-state index contributed by atoms with van der Waals surface area (Å²) >= 11 is 0. The number of hydrogen-bond donors (Lipinski definition) is 1. The predicted molar refractivity (Wildman–Crippen MR) is 90.7 cm³/mol. The lowest BCUT2D eigenvalue weighted by molar-refractivity contribution is 1.55. The first-order valence-corrected chi connectivity index (χ1v) is 7.01. The van der Waals surface area contributed by atoms with Crippen LogP contribution in [-0.4, -0.2) is 0 Å². The summed E-state index contributed by atoms with van der Waals surface area (Å²) in [6.07, 6.45) is 2.21. The number of nitrogen functional groups attached to an aromatic ring is 1. The number of hydrogen-bond acceptors (Lipinski definition) is 1. The Labute approximate surface area is 125 Å². The Hall–Kier alpha value is -2.80. The molecule has 0 spiro atoms. The zero-order valence-electron chi connectivity index (χ0n) is 11.7. The van der Waals surface area contributed by atoms with Crippen LogP contribution in [0.15, 0.2) is 84.9 Å². The van der Waals surface area contributed by atoms with Crippen LogP contribution in [0, 0.1) is 0 Å². The Morgan fingerprint density at radius 2 is 1.14 bits per heavy atom. The molecule has 0 aliphatic carbocycles. The van der Waals surface area contributed by atoms with Crippen molar-refractivity contribution in [2.24, 2.45) is 0 Å². The molecule has 3 aromatic carbocycles. The fourth-order valence-electron chi connectivity index (χ4n) is 2.33. The van der Waals surface area contributed by atoms with Gasteiger partial charge in [0, 0.05) is 5.69 Å². The van der Waals surface area contributed by atoms with E-state index in [4.69, 9.17) is 5.73 Å². The third kappa shape index (κ3) is 3.21. The maximum absolute atomic E-state index is 5.80. The van der Waals surface area contributed by atoms with Crippen LogP contribution in [-0.2, 0) is 0 Å². The van der Waals surface area contributed by atoms with Crippen molar-refractivity contribution < 1.29 is 0 Å². The molecular formula is C20H17N. The van der Waals surface area contributed by atoms with Gasteiger partial charge in [-0.25, -0.2) is 0 Å². The molecule has 0 aliphatic heterocycles. The molecule has 3 rings (SSSR count). The van der Waals surface area contributed by atoms with Crippen molar-refractivity contribution in [3.63, 3.8) is 0 Å². The molecule has 21 heavy (non-hydrogen) atoms. The van der Waals surface area contributed by atoms with Crippen molar-refractivity contribution in [2.45, 2.75) is 0 Å². The van der Waals surface area contributed by atoms with E-state index in [9.17, 15) is 0 Å². The van der Waals surface area contributed by atoms with Gasteiger partial charge in [0.25, 0.3) is 0 Å². The molecule has 102 valence electrons. The van der Waals surface area contributed by atoms with E-state index in [2.05, 4.69) is 66.7 Å². The molecular weight excluding hydrogens is 254 g/mol. The minimum Gasteiger partial charge on any atom is -0.399 e. The summed E-state index contributed by atoms with van der Waals surface area (Å²) in [6.45, 7) is 0. The molecule has 0 atom stereocenters. The maximum Gasteiger partial charge on any atom is 0.0314 e. The number of nitrogens with two attached hydrogens (primary N) is 1. The molecule has 0 fully saturated rings. The van der Waals surface area contributed by atoms with Crippen LogP contribution in [0.4, 0.5) is 5.69 Å². The van der Waals surface area contributed by atoms with Gasteiger partial charge in [-0.1, -0.05) is 72.8 Å². The summed E-state index contributed by atoms with van der Waals surface area (Å²) < 4.78 is 0. The summed E-state index contributed by atoms with van der Waals surface area (Å²) in [6, 6.07) is 28.8. The SMILES string of the molecule is Nc1ccc(/C(=C\c2ccccc2)c2ccccc2)cc1. The highest BCUT2D eigenvalue weighted by Gasteiger charge is 2.04. The van der Waals surface area contributed by atoms with E-state index in [1.807, 2.05) is 24.3 Å². The lowest BCUT2D eigenvalue weighted by atomic mass is 9.95. The van der Waals surface area contributed by atoms with Gasteiger partial charge in [-0.2, -0.15) is 0 Å². The standard InChI is InChI=1S/C20H17N/c21-19-13-11-18(12-14-19)20(17-9-5-2-6-10-17)15-16-7-3-1-4-8-16/h1-15H,21H2/b20-15-. The van der Waals surface area contributed by atoms with Gasteiger partial charge in [0.05, 0.1) is 0 Å². The molecule has 0 saturated heterocycles. The van der Waals surface area contributed by atoms with E-state index in [0.717, 1.165) is 5.69 Å². The summed E-state index contributed by atoms with van der Waals surface area (Å²) in [5.41, 5.74) is 11.3. The molecule has 3 aromatic rings. The largest absolute Gasteiger partial charge is 0.399 e. The Kier molecular flexibility index (Phi) is 3.83. The summed E-state index contributed by atoms with van der Waals surface area (Å²) in [5.74, 6) is 0. The van der Waals surface area contributed by atoms with Crippen LogP contribution in [0.1, 0.15) is 16.7 Å². The van der Waals surface area contributed by atoms with Crippen molar-refractivity contribution in [1.29, 1.82) is 0 Å². The first-order chi connectivity index (χ1) is 10.3. The average molecular weight is 271 g/mol. The van der Waals surface area contributed by atoms with E-state index >= 15 is 0 Å². The highest BCUT2D eigenvalue weighted by molar-refractivity contribution is 5.91. The highest BCUT2D eigenvalue weighted by atomic mass is 14.5. The second-order valence-electron chi connectivity index (χ2n) is 4.96. The first-order valence-electron chi connectivity index (χ1n) is 7.01. The van der Waals surface area contributed by atoms with Gasteiger partial charge in [-0.15, -0.1) is 0 Å². The zero-order valence-corrected chi connectivity index (χ0v) is 11.7. The van der Waals surface area contributed by atoms with Crippen molar-refractivity contribution in [2.75, 3.05) is 5.73 Å². The van der Waals surface area contributed by atoms with Crippen LogP contribution >= 0.6 is 0 Å². The van der Waals surface area contributed by atoms with Gasteiger partial charge in [0.15, 0.2) is 0 Å². The maximum atomic E-state index is 5.80. The van der Waals surface area contributed by atoms with Crippen molar-refractivity contribution >= 4 is 17.3 Å². The molecule has 0 bridgehead atoms. The fraction of sp³-hybridized carbons (Fsp3) is 0. The molecule has 0 aliphatic rings. The second kappa shape index (κ2) is 6.10. The quantitative estimate of drug-likeness (QED) is 0.534. The first kappa shape index (κ1) is 13.2. The van der Waals surface area contributed by atoms with Gasteiger partial charge in [0.1, 0.15) is 0 Å². The van der Waals surface area contributed by atoms with Gasteiger partial charge in [-0.05, 0) is 40.5 Å². The molecule has 0 heterocycles. The van der Waals surface area contributed by atoms with Gasteiger partial charge < -0.3 is 5.73 Å². The molecule has 0 aromatic heterocycles. The minimum absolute atomic E-state index is 0.783. The van der Waals surface area contributed by atoms with E-state index < -0.39 is 0 Å². The molecule has 0 unspecified atom stereocenters. The molecule has 0 radical (unpaired) electrons. The van der Waals surface area contributed by atoms with Crippen molar-refractivity contribution in [3.8, 4) is 0 Å². The molecule has 0 saturated carbocycles. The predicted octanol–water partition coefficient (Wildman–Crippen LogP) is 4.86. The smallest absolute Gasteiger partial charge is 0.0314 e. The van der Waals surface area contributed by atoms with Crippen LogP contribution < -0.4 is 5.73 Å². The van der Waals surface area contributed by atoms with Gasteiger partial charge >= 0.3 is 0 Å². The topological polar surface area (TPSA) is 26.0 Å². The Morgan fingerprint density at radius 1 is 0.619 bits per heavy atom. The number of benzene rings is 3. The Morgan fingerprint density at radius 3 is 1.76 bits per heavy atom. The van der Waals surface area contributed by atoms with Crippen molar-refractivity contribution in [1.82, 2.24) is 0 Å². The zero-order chi connectivity index (χ0) is 14.5. The third-order valence-electron chi connectivity index (χ3n) is 3.42. The summed E-state index contributed by atoms with van der Waals surface area (Å²) in [7, 11) is 0. The van der Waals surface area contributed by atoms with E-state index in [1.54, 1.807) is 0 Å². The van der Waals surface area contributed by atoms with Gasteiger partial charge in [0.2, 0.25) is 0 Å². The second-order valence-corrected chi connectivity index (χ2v) is 4.96. The Balaban J connectivity index is 2.12. The molecule has 2 N–H and O–H groups in total. The van der Waals surface area contributed by atoms with E-state index in [-0.39, 0.29) is 0 Å². The van der Waals surface area contributed by atoms with Gasteiger partial charge in [-0.3, -0.25) is 0 Å². The lowest BCUT2D eigenvalue weighted by Gasteiger charge is -2.09. The average Bonchev–Trinajstić information content (AvgIpc) is 2.55. The van der Waals surface area contributed by atoms with Crippen LogP contribution in [0.25, 0.3) is 11.6 Å². The lowest BCUT2D eigenvalue weighted by Crippen LogP contribution is -1.90. The number of anilines is 1. The molecule has 1 nitrogen and oxygen atoms in total. The fourth-order valence-corrected chi connectivity index (χ4v) is 2.33. The van der Waals surface area contributed by atoms with Crippen LogP contribution in [0.2, 0.25) is 0 Å². The summed E-state index contributed by atoms with van der Waals surface area (Å²) in [4.78, 5) is 0. The van der Waals surface area contributed by atoms with E-state index in [0.29, 0.717) is 0 Å². The van der Waals surface area contributed by atoms with Crippen molar-refractivity contribution in [3.05, 3.63) is 102 Å². The third-order valence-corrected chi connectivity index (χ3v) is 3.42.